The minimum atomic E-state index is 0.446. The van der Waals surface area contributed by atoms with E-state index in [9.17, 15) is 0 Å². The van der Waals surface area contributed by atoms with E-state index in [0.29, 0.717) is 4.73 Å². The van der Waals surface area contributed by atoms with Gasteiger partial charge >= 0.3 is 50.5 Å². The van der Waals surface area contributed by atoms with Crippen molar-refractivity contribution in [2.75, 3.05) is 6.54 Å². The van der Waals surface area contributed by atoms with Crippen LogP contribution in [0.3, 0.4) is 0 Å². The molecule has 0 unspecified atom stereocenters. The topological polar surface area (TPSA) is 50.4 Å². The van der Waals surface area contributed by atoms with Crippen LogP contribution < -0.4 is 11.2 Å². The molecule has 0 aromatic carbocycles. The summed E-state index contributed by atoms with van der Waals surface area (Å²) in [6.07, 6.45) is 0. The maximum atomic E-state index is 5.11. The van der Waals surface area contributed by atoms with Crippen LogP contribution in [0.1, 0.15) is 6.92 Å². The van der Waals surface area contributed by atoms with Crippen molar-refractivity contribution >= 4 is 20.7 Å². The molecule has 0 fully saturated rings. The Morgan fingerprint density at radius 2 is 2.57 bits per heavy atom. The van der Waals surface area contributed by atoms with Gasteiger partial charge in [0.15, 0.2) is 0 Å². The Kier molecular flexibility index (Phi) is 3.84. The fraction of sp³-hybridized carbons (Fsp3) is 0.667. The Hall–Kier alpha value is -0.211. The Morgan fingerprint density at radius 3 is 2.71 bits per heavy atom. The van der Waals surface area contributed by atoms with Crippen LogP contribution in [0.5, 0.6) is 0 Å². The molecule has 0 heterocycles. The molecule has 3 N–H and O–H groups in total. The van der Waals surface area contributed by atoms with Crippen LogP contribution in [0.2, 0.25) is 0 Å². The molecular formula is C3H8N3Se. The monoisotopic (exact) mass is 166 g/mol. The van der Waals surface area contributed by atoms with Gasteiger partial charge in [0, 0.05) is 0 Å². The zero-order valence-electron chi connectivity index (χ0n) is 4.14. The first-order chi connectivity index (χ1) is 3.27. The van der Waals surface area contributed by atoms with E-state index < -0.39 is 0 Å². The van der Waals surface area contributed by atoms with Crippen LogP contribution in [0.4, 0.5) is 0 Å². The number of nitrogens with two attached hydrogens (primary N) is 1. The predicted molar refractivity (Wildman–Crippen MR) is 31.1 cm³/mol. The molecule has 0 aromatic rings. The number of hydrogen-bond donors (Lipinski definition) is 2. The average Bonchev–Trinajstić information content (AvgIpc) is 1.61. The third-order valence-electron chi connectivity index (χ3n) is 0.347. The molecule has 7 heavy (non-hydrogen) atoms. The van der Waals surface area contributed by atoms with Crippen LogP contribution in [0.25, 0.3) is 0 Å². The second-order valence-corrected chi connectivity index (χ2v) is 1.84. The second kappa shape index (κ2) is 3.96. The van der Waals surface area contributed by atoms with E-state index in [1.807, 2.05) is 6.92 Å². The quantitative estimate of drug-likeness (QED) is 0.238. The van der Waals surface area contributed by atoms with Crippen LogP contribution in [-0.2, 0) is 0 Å². The van der Waals surface area contributed by atoms with Gasteiger partial charge in [-0.1, -0.05) is 0 Å². The van der Waals surface area contributed by atoms with Crippen LogP contribution in [-0.4, -0.2) is 27.3 Å². The molecule has 0 bridgehead atoms. The molecule has 0 spiro atoms. The summed E-state index contributed by atoms with van der Waals surface area (Å²) in [7, 11) is 0. The first-order valence-electron chi connectivity index (χ1n) is 2.00. The van der Waals surface area contributed by atoms with E-state index in [4.69, 9.17) is 5.73 Å². The SMILES string of the molecule is CCNN=C(N)[Se]. The van der Waals surface area contributed by atoms with Gasteiger partial charge in [0.25, 0.3) is 0 Å². The minimum absolute atomic E-state index is 0.446. The third kappa shape index (κ3) is 5.79. The Labute approximate surface area is 51.2 Å². The summed E-state index contributed by atoms with van der Waals surface area (Å²) in [6.45, 7) is 2.76. The first kappa shape index (κ1) is 6.79. The summed E-state index contributed by atoms with van der Waals surface area (Å²) in [5, 5.41) is 3.63. The fourth-order valence-electron chi connectivity index (χ4n) is 0.157. The van der Waals surface area contributed by atoms with Crippen molar-refractivity contribution in [1.82, 2.24) is 5.43 Å². The summed E-state index contributed by atoms with van der Waals surface area (Å²) in [5.74, 6) is 0. The van der Waals surface area contributed by atoms with Crippen molar-refractivity contribution in [2.24, 2.45) is 10.8 Å². The van der Waals surface area contributed by atoms with E-state index in [-0.39, 0.29) is 0 Å². The molecule has 41 valence electrons. The van der Waals surface area contributed by atoms with Gasteiger partial charge in [-0.25, -0.2) is 0 Å². The van der Waals surface area contributed by atoms with Gasteiger partial charge in [-0.15, -0.1) is 0 Å². The van der Waals surface area contributed by atoms with Crippen molar-refractivity contribution in [2.45, 2.75) is 6.92 Å². The van der Waals surface area contributed by atoms with Crippen LogP contribution in [0.15, 0.2) is 5.10 Å². The number of amidine groups is 1. The zero-order chi connectivity index (χ0) is 5.70. The molecule has 0 amide bonds. The van der Waals surface area contributed by atoms with Crippen LogP contribution in [0, 0.1) is 0 Å². The molecule has 0 saturated carbocycles. The van der Waals surface area contributed by atoms with Crippen LogP contribution >= 0.6 is 0 Å². The van der Waals surface area contributed by atoms with Gasteiger partial charge in [0.2, 0.25) is 0 Å². The molecule has 0 aliphatic rings. The van der Waals surface area contributed by atoms with Crippen molar-refractivity contribution in [1.29, 1.82) is 0 Å². The number of nitrogens with zero attached hydrogens (tertiary/aromatic N) is 1. The van der Waals surface area contributed by atoms with Gasteiger partial charge in [-0.2, -0.15) is 0 Å². The van der Waals surface area contributed by atoms with Crippen molar-refractivity contribution in [3.63, 3.8) is 0 Å². The third-order valence-corrected chi connectivity index (χ3v) is 0.539. The number of rotatable bonds is 2. The normalized spacial score (nSPS) is 11.3. The van der Waals surface area contributed by atoms with E-state index >= 15 is 0 Å². The average molecular weight is 165 g/mol. The van der Waals surface area contributed by atoms with E-state index in [1.54, 1.807) is 0 Å². The number of hydrazone groups is 1. The second-order valence-electron chi connectivity index (χ2n) is 0.962. The molecule has 0 saturated heterocycles. The van der Waals surface area contributed by atoms with Gasteiger partial charge < -0.3 is 0 Å². The zero-order valence-corrected chi connectivity index (χ0v) is 5.85. The molecule has 0 aromatic heterocycles. The molecule has 0 rings (SSSR count). The molecular weight excluding hydrogens is 157 g/mol. The Morgan fingerprint density at radius 1 is 2.00 bits per heavy atom. The molecule has 1 radical (unpaired) electrons. The van der Waals surface area contributed by atoms with Gasteiger partial charge in [-0.3, -0.25) is 0 Å². The van der Waals surface area contributed by atoms with E-state index in [0.717, 1.165) is 6.54 Å². The Bertz CT molecular complexity index is 66.6. The van der Waals surface area contributed by atoms with E-state index in [2.05, 4.69) is 26.5 Å². The fourth-order valence-corrected chi connectivity index (χ4v) is 0.292. The first-order valence-corrected chi connectivity index (χ1v) is 2.86. The van der Waals surface area contributed by atoms with Crippen molar-refractivity contribution in [3.05, 3.63) is 0 Å². The summed E-state index contributed by atoms with van der Waals surface area (Å²) < 4.78 is 0.446. The maximum absolute atomic E-state index is 5.11. The summed E-state index contributed by atoms with van der Waals surface area (Å²) in [4.78, 5) is 0. The van der Waals surface area contributed by atoms with Gasteiger partial charge in [-0.05, 0) is 0 Å². The van der Waals surface area contributed by atoms with Crippen molar-refractivity contribution in [3.8, 4) is 0 Å². The summed E-state index contributed by atoms with van der Waals surface area (Å²) in [5.41, 5.74) is 7.79. The van der Waals surface area contributed by atoms with Gasteiger partial charge in [0.05, 0.1) is 0 Å². The predicted octanol–water partition coefficient (Wildman–Crippen LogP) is -1.01. The summed E-state index contributed by atoms with van der Waals surface area (Å²) >= 11 is 2.54. The standard InChI is InChI=1S/C3H8N3Se/c1-2-5-6-3(4)7/h5H,2H2,1H3,(H2,4,6). The number of nitrogens with one attached hydrogen (secondary N) is 1. The van der Waals surface area contributed by atoms with Crippen molar-refractivity contribution < 1.29 is 0 Å². The molecule has 0 aliphatic carbocycles. The Balaban J connectivity index is 3.08. The summed E-state index contributed by atoms with van der Waals surface area (Å²) in [6, 6.07) is 0. The molecule has 0 aliphatic heterocycles. The molecule has 0 atom stereocenters. The van der Waals surface area contributed by atoms with E-state index in [1.165, 1.54) is 0 Å². The molecule has 4 heteroatoms. The molecule has 3 nitrogen and oxygen atoms in total. The number of hydrogen-bond acceptors (Lipinski definition) is 2. The van der Waals surface area contributed by atoms with Gasteiger partial charge in [0.1, 0.15) is 0 Å².